The lowest BCUT2D eigenvalue weighted by Gasteiger charge is -2.08. The van der Waals surface area contributed by atoms with E-state index in [0.29, 0.717) is 5.92 Å². The summed E-state index contributed by atoms with van der Waals surface area (Å²) >= 11 is 0. The molecule has 15 heavy (non-hydrogen) atoms. The predicted molar refractivity (Wildman–Crippen MR) is 64.2 cm³/mol. The van der Waals surface area contributed by atoms with Crippen molar-refractivity contribution < 1.29 is 0 Å². The molecule has 1 aromatic carbocycles. The van der Waals surface area contributed by atoms with E-state index in [2.05, 4.69) is 50.5 Å². The lowest BCUT2D eigenvalue weighted by atomic mass is 10.2. The van der Waals surface area contributed by atoms with Crippen molar-refractivity contribution in [1.82, 2.24) is 9.55 Å². The number of fused-ring (bicyclic) bond motifs is 1. The number of hydrogen-bond acceptors (Lipinski definition) is 1. The Hall–Kier alpha value is -1.31. The summed E-state index contributed by atoms with van der Waals surface area (Å²) in [4.78, 5) is 4.71. The Bertz CT molecular complexity index is 480. The highest BCUT2D eigenvalue weighted by atomic mass is 15.1. The molecule has 0 amide bonds. The second-order valence-corrected chi connectivity index (χ2v) is 4.36. The van der Waals surface area contributed by atoms with Crippen molar-refractivity contribution in [3.63, 3.8) is 0 Å². The minimum absolute atomic E-state index is 0.484. The first-order valence-electron chi connectivity index (χ1n) is 5.60. The average molecular weight is 202 g/mol. The van der Waals surface area contributed by atoms with Crippen molar-refractivity contribution >= 4 is 11.0 Å². The van der Waals surface area contributed by atoms with Gasteiger partial charge in [-0.2, -0.15) is 0 Å². The molecule has 2 heteroatoms. The van der Waals surface area contributed by atoms with Crippen LogP contribution in [0.5, 0.6) is 0 Å². The minimum Gasteiger partial charge on any atom is -0.328 e. The van der Waals surface area contributed by atoms with E-state index in [1.54, 1.807) is 0 Å². The summed E-state index contributed by atoms with van der Waals surface area (Å²) in [5, 5.41) is 0. The maximum absolute atomic E-state index is 4.71. The third-order valence-electron chi connectivity index (χ3n) is 2.77. The highest BCUT2D eigenvalue weighted by molar-refractivity contribution is 5.77. The molecule has 1 heterocycles. The Morgan fingerprint density at radius 3 is 2.67 bits per heavy atom. The zero-order valence-corrected chi connectivity index (χ0v) is 9.91. The van der Waals surface area contributed by atoms with Crippen molar-refractivity contribution in [2.45, 2.75) is 40.2 Å². The second-order valence-electron chi connectivity index (χ2n) is 4.36. The zero-order chi connectivity index (χ0) is 11.0. The van der Waals surface area contributed by atoms with Crippen LogP contribution in [0.25, 0.3) is 11.0 Å². The lowest BCUT2D eigenvalue weighted by molar-refractivity contribution is 0.667. The number of rotatable bonds is 2. The zero-order valence-electron chi connectivity index (χ0n) is 9.91. The Labute approximate surface area is 90.9 Å². The van der Waals surface area contributed by atoms with E-state index in [9.17, 15) is 0 Å². The van der Waals surface area contributed by atoms with Gasteiger partial charge in [-0.05, 0) is 31.5 Å². The number of aromatic nitrogens is 2. The molecule has 0 saturated heterocycles. The standard InChI is InChI=1S/C13H18N2/c1-5-15-12-7-6-10(4)8-11(12)14-13(15)9(2)3/h6-9H,5H2,1-4H3. The van der Waals surface area contributed by atoms with Crippen LogP contribution in [0, 0.1) is 6.92 Å². The molecule has 0 N–H and O–H groups in total. The van der Waals surface area contributed by atoms with Crippen molar-refractivity contribution in [3.05, 3.63) is 29.6 Å². The molecule has 0 bridgehead atoms. The van der Waals surface area contributed by atoms with Gasteiger partial charge in [-0.25, -0.2) is 4.98 Å². The Morgan fingerprint density at radius 1 is 1.33 bits per heavy atom. The van der Waals surface area contributed by atoms with Gasteiger partial charge in [0.2, 0.25) is 0 Å². The number of hydrogen-bond donors (Lipinski definition) is 0. The quantitative estimate of drug-likeness (QED) is 0.729. The molecular weight excluding hydrogens is 184 g/mol. The van der Waals surface area contributed by atoms with Crippen LogP contribution in [0.3, 0.4) is 0 Å². The van der Waals surface area contributed by atoms with Crippen molar-refractivity contribution in [3.8, 4) is 0 Å². The summed E-state index contributed by atoms with van der Waals surface area (Å²) in [5.74, 6) is 1.68. The molecule has 0 atom stereocenters. The van der Waals surface area contributed by atoms with Gasteiger partial charge in [0.1, 0.15) is 5.82 Å². The molecular formula is C13H18N2. The molecule has 80 valence electrons. The Morgan fingerprint density at radius 2 is 2.07 bits per heavy atom. The maximum Gasteiger partial charge on any atom is 0.112 e. The van der Waals surface area contributed by atoms with Crippen molar-refractivity contribution in [2.75, 3.05) is 0 Å². The number of benzene rings is 1. The minimum atomic E-state index is 0.484. The van der Waals surface area contributed by atoms with E-state index in [-0.39, 0.29) is 0 Å². The molecule has 0 aliphatic carbocycles. The van der Waals surface area contributed by atoms with E-state index in [1.807, 2.05) is 0 Å². The van der Waals surface area contributed by atoms with E-state index < -0.39 is 0 Å². The highest BCUT2D eigenvalue weighted by Crippen LogP contribution is 2.22. The molecule has 1 aromatic heterocycles. The monoisotopic (exact) mass is 202 g/mol. The normalized spacial score (nSPS) is 11.5. The largest absolute Gasteiger partial charge is 0.328 e. The molecule has 0 aliphatic rings. The predicted octanol–water partition coefficient (Wildman–Crippen LogP) is 3.49. The third-order valence-corrected chi connectivity index (χ3v) is 2.77. The fraction of sp³-hybridized carbons (Fsp3) is 0.462. The first kappa shape index (κ1) is 10.2. The third kappa shape index (κ3) is 1.65. The van der Waals surface area contributed by atoms with Crippen LogP contribution in [-0.2, 0) is 6.54 Å². The smallest absolute Gasteiger partial charge is 0.112 e. The topological polar surface area (TPSA) is 17.8 Å². The molecule has 0 aliphatic heterocycles. The summed E-state index contributed by atoms with van der Waals surface area (Å²) < 4.78 is 2.30. The second kappa shape index (κ2) is 3.69. The van der Waals surface area contributed by atoms with Gasteiger partial charge in [-0.3, -0.25) is 0 Å². The van der Waals surface area contributed by atoms with Gasteiger partial charge in [0.05, 0.1) is 11.0 Å². The van der Waals surface area contributed by atoms with Crippen molar-refractivity contribution in [2.24, 2.45) is 0 Å². The molecule has 2 rings (SSSR count). The average Bonchev–Trinajstić information content (AvgIpc) is 2.55. The Kier molecular flexibility index (Phi) is 2.51. The lowest BCUT2D eigenvalue weighted by Crippen LogP contribution is -2.02. The van der Waals surface area contributed by atoms with E-state index in [1.165, 1.54) is 16.9 Å². The number of aryl methyl sites for hydroxylation is 2. The van der Waals surface area contributed by atoms with E-state index >= 15 is 0 Å². The summed E-state index contributed by atoms with van der Waals surface area (Å²) in [7, 11) is 0. The van der Waals surface area contributed by atoms with Crippen LogP contribution in [0.2, 0.25) is 0 Å². The van der Waals surface area contributed by atoms with Gasteiger partial charge in [0.15, 0.2) is 0 Å². The molecule has 0 spiro atoms. The SMILES string of the molecule is CCn1c(C(C)C)nc2cc(C)ccc21. The van der Waals surface area contributed by atoms with Crippen LogP contribution in [0.1, 0.15) is 38.1 Å². The fourth-order valence-electron chi connectivity index (χ4n) is 2.03. The van der Waals surface area contributed by atoms with Crippen LogP contribution < -0.4 is 0 Å². The number of imidazole rings is 1. The first-order valence-corrected chi connectivity index (χ1v) is 5.60. The summed E-state index contributed by atoms with van der Waals surface area (Å²) in [6.07, 6.45) is 0. The van der Waals surface area contributed by atoms with Gasteiger partial charge in [-0.15, -0.1) is 0 Å². The van der Waals surface area contributed by atoms with Crippen LogP contribution in [0.15, 0.2) is 18.2 Å². The van der Waals surface area contributed by atoms with E-state index in [4.69, 9.17) is 4.98 Å². The molecule has 0 radical (unpaired) electrons. The summed E-state index contributed by atoms with van der Waals surface area (Å²) in [6.45, 7) is 9.67. The molecule has 2 nitrogen and oxygen atoms in total. The summed E-state index contributed by atoms with van der Waals surface area (Å²) in [6, 6.07) is 6.49. The van der Waals surface area contributed by atoms with Gasteiger partial charge >= 0.3 is 0 Å². The molecule has 2 aromatic rings. The first-order chi connectivity index (χ1) is 7.13. The van der Waals surface area contributed by atoms with Crippen LogP contribution in [0.4, 0.5) is 0 Å². The van der Waals surface area contributed by atoms with Gasteiger partial charge in [-0.1, -0.05) is 19.9 Å². The van der Waals surface area contributed by atoms with Crippen LogP contribution in [-0.4, -0.2) is 9.55 Å². The fourth-order valence-corrected chi connectivity index (χ4v) is 2.03. The van der Waals surface area contributed by atoms with Crippen molar-refractivity contribution in [1.29, 1.82) is 0 Å². The van der Waals surface area contributed by atoms with Gasteiger partial charge < -0.3 is 4.57 Å². The van der Waals surface area contributed by atoms with Gasteiger partial charge in [0.25, 0.3) is 0 Å². The summed E-state index contributed by atoms with van der Waals surface area (Å²) in [5.41, 5.74) is 3.66. The molecule has 0 unspecified atom stereocenters. The van der Waals surface area contributed by atoms with E-state index in [0.717, 1.165) is 12.1 Å². The van der Waals surface area contributed by atoms with Crippen LogP contribution >= 0.6 is 0 Å². The highest BCUT2D eigenvalue weighted by Gasteiger charge is 2.11. The maximum atomic E-state index is 4.71. The molecule has 0 saturated carbocycles. The Balaban J connectivity index is 2.73. The molecule has 0 fully saturated rings. The van der Waals surface area contributed by atoms with Gasteiger partial charge in [0, 0.05) is 12.5 Å². The number of nitrogens with zero attached hydrogens (tertiary/aromatic N) is 2.